The lowest BCUT2D eigenvalue weighted by Gasteiger charge is -2.43. The Bertz CT molecular complexity index is 1580. The van der Waals surface area contributed by atoms with Crippen molar-refractivity contribution in [2.24, 2.45) is 0 Å². The summed E-state index contributed by atoms with van der Waals surface area (Å²) in [6.07, 6.45) is 2.82. The Morgan fingerprint density at radius 1 is 0.870 bits per heavy atom. The summed E-state index contributed by atoms with van der Waals surface area (Å²) in [5, 5.41) is 14.9. The number of hydrogen-bond acceptors (Lipinski definition) is 8. The molecule has 9 nitrogen and oxygen atoms in total. The number of nitrogens with zero attached hydrogens (tertiary/aromatic N) is 2. The molecule has 1 atom stereocenters. The Morgan fingerprint density at radius 3 is 1.96 bits per heavy atom. The van der Waals surface area contributed by atoms with Crippen molar-refractivity contribution in [1.29, 1.82) is 0 Å². The van der Waals surface area contributed by atoms with Crippen LogP contribution in [0.3, 0.4) is 0 Å². The van der Waals surface area contributed by atoms with Crippen LogP contribution in [-0.2, 0) is 24.5 Å². The predicted molar refractivity (Wildman–Crippen MR) is 176 cm³/mol. The fourth-order valence-corrected chi connectivity index (χ4v) is 6.87. The van der Waals surface area contributed by atoms with E-state index in [1.165, 1.54) is 30.4 Å². The number of nitro benzene ring substituents is 1. The number of dihydropyridines is 1. The van der Waals surface area contributed by atoms with Crippen LogP contribution in [-0.4, -0.2) is 55.1 Å². The number of carbonyl (C=O) groups excluding carboxylic acids is 2. The summed E-state index contributed by atoms with van der Waals surface area (Å²) in [4.78, 5) is 40.5. The number of non-ortho nitro benzene ring substituents is 1. The third-order valence-electron chi connectivity index (χ3n) is 9.28. The first-order valence-electron chi connectivity index (χ1n) is 15.9. The van der Waals surface area contributed by atoms with E-state index >= 15 is 0 Å². The molecule has 9 heteroatoms. The molecule has 0 bridgehead atoms. The number of methoxy groups -OCH3 is 1. The van der Waals surface area contributed by atoms with Gasteiger partial charge in [0.2, 0.25) is 0 Å². The highest BCUT2D eigenvalue weighted by molar-refractivity contribution is 6.00. The largest absolute Gasteiger partial charge is 0.466 e. The van der Waals surface area contributed by atoms with Gasteiger partial charge in [-0.3, -0.25) is 15.0 Å². The van der Waals surface area contributed by atoms with E-state index in [0.29, 0.717) is 36.3 Å². The molecule has 3 aromatic rings. The van der Waals surface area contributed by atoms with Crippen LogP contribution in [0.5, 0.6) is 0 Å². The SMILES string of the molecule is CCC1=C(C(=O)OC)C(c2cccc([N+](=O)[O-])c2)C(C(=O)OCCN2CCC(c3ccccc3)(c3ccccc3)CC2)=C(CC)N1. The van der Waals surface area contributed by atoms with E-state index in [9.17, 15) is 19.7 Å². The van der Waals surface area contributed by atoms with E-state index in [4.69, 9.17) is 9.47 Å². The average molecular weight is 624 g/mol. The highest BCUT2D eigenvalue weighted by atomic mass is 16.6. The molecule has 240 valence electrons. The Hall–Kier alpha value is -4.76. The summed E-state index contributed by atoms with van der Waals surface area (Å²) in [5.41, 5.74) is 4.63. The number of benzene rings is 3. The van der Waals surface area contributed by atoms with Crippen molar-refractivity contribution in [3.8, 4) is 0 Å². The van der Waals surface area contributed by atoms with E-state index in [2.05, 4.69) is 58.7 Å². The molecular formula is C37H41N3O6. The van der Waals surface area contributed by atoms with Gasteiger partial charge in [0.1, 0.15) is 6.61 Å². The monoisotopic (exact) mass is 623 g/mol. The molecule has 1 fully saturated rings. The molecule has 2 aliphatic rings. The molecule has 1 saturated heterocycles. The summed E-state index contributed by atoms with van der Waals surface area (Å²) < 4.78 is 11.0. The van der Waals surface area contributed by atoms with Crippen molar-refractivity contribution in [2.45, 2.75) is 50.9 Å². The number of ether oxygens (including phenoxy) is 2. The van der Waals surface area contributed by atoms with Crippen molar-refractivity contribution < 1.29 is 24.0 Å². The first-order valence-corrected chi connectivity index (χ1v) is 15.9. The van der Waals surface area contributed by atoms with Crippen LogP contribution in [0.4, 0.5) is 5.69 Å². The summed E-state index contributed by atoms with van der Waals surface area (Å²) in [6, 6.07) is 27.4. The molecule has 2 aliphatic heterocycles. The van der Waals surface area contributed by atoms with Crippen LogP contribution in [0, 0.1) is 10.1 Å². The van der Waals surface area contributed by atoms with Crippen molar-refractivity contribution in [2.75, 3.05) is 33.4 Å². The molecule has 2 heterocycles. The molecule has 0 amide bonds. The summed E-state index contributed by atoms with van der Waals surface area (Å²) in [7, 11) is 1.28. The maximum absolute atomic E-state index is 13.9. The van der Waals surface area contributed by atoms with Crippen molar-refractivity contribution in [3.05, 3.63) is 134 Å². The van der Waals surface area contributed by atoms with Crippen molar-refractivity contribution >= 4 is 17.6 Å². The van der Waals surface area contributed by atoms with Crippen molar-refractivity contribution in [3.63, 3.8) is 0 Å². The maximum Gasteiger partial charge on any atom is 0.336 e. The lowest BCUT2D eigenvalue weighted by Crippen LogP contribution is -2.44. The standard InChI is InChI=1S/C37H41N3O6/c1-4-30-33(35(41)45-3)32(26-13-12-18-29(25-26)40(43)44)34(31(5-2)38-30)36(42)46-24-23-39-21-19-37(20-22-39,27-14-8-6-9-15-27)28-16-10-7-11-17-28/h6-18,25,32,38H,4-5,19-24H2,1-3H3. The van der Waals surface area contributed by atoms with Gasteiger partial charge in [-0.15, -0.1) is 0 Å². The number of nitro groups is 1. The molecule has 46 heavy (non-hydrogen) atoms. The quantitative estimate of drug-likeness (QED) is 0.148. The van der Waals surface area contributed by atoms with Crippen LogP contribution in [0.15, 0.2) is 107 Å². The molecule has 0 saturated carbocycles. The van der Waals surface area contributed by atoms with Gasteiger partial charge in [-0.05, 0) is 55.5 Å². The summed E-state index contributed by atoms with van der Waals surface area (Å²) in [5.74, 6) is -2.04. The van der Waals surface area contributed by atoms with Crippen LogP contribution in [0.1, 0.15) is 62.1 Å². The Labute approximate surface area is 270 Å². The number of allylic oxidation sites excluding steroid dienone is 2. The molecule has 0 aliphatic carbocycles. The second-order valence-electron chi connectivity index (χ2n) is 11.7. The minimum Gasteiger partial charge on any atom is -0.466 e. The highest BCUT2D eigenvalue weighted by Crippen LogP contribution is 2.43. The lowest BCUT2D eigenvalue weighted by atomic mass is 9.68. The first-order chi connectivity index (χ1) is 22.3. The molecule has 3 aromatic carbocycles. The molecular weight excluding hydrogens is 582 g/mol. The minimum atomic E-state index is -0.877. The van der Waals surface area contributed by atoms with Gasteiger partial charge in [-0.25, -0.2) is 9.59 Å². The zero-order valence-corrected chi connectivity index (χ0v) is 26.7. The smallest absolute Gasteiger partial charge is 0.336 e. The van der Waals surface area contributed by atoms with Crippen LogP contribution >= 0.6 is 0 Å². The molecule has 0 aromatic heterocycles. The van der Waals surface area contributed by atoms with Gasteiger partial charge >= 0.3 is 11.9 Å². The minimum absolute atomic E-state index is 0.0799. The number of hydrogen-bond donors (Lipinski definition) is 1. The van der Waals surface area contributed by atoms with Crippen molar-refractivity contribution in [1.82, 2.24) is 10.2 Å². The van der Waals surface area contributed by atoms with Gasteiger partial charge in [-0.2, -0.15) is 0 Å². The van der Waals surface area contributed by atoms with Gasteiger partial charge in [0, 0.05) is 35.5 Å². The maximum atomic E-state index is 13.9. The Balaban J connectivity index is 1.34. The lowest BCUT2D eigenvalue weighted by molar-refractivity contribution is -0.384. The second-order valence-corrected chi connectivity index (χ2v) is 11.7. The number of esters is 2. The third kappa shape index (κ3) is 6.60. The van der Waals surface area contributed by atoms with E-state index in [-0.39, 0.29) is 28.9 Å². The fourth-order valence-electron chi connectivity index (χ4n) is 6.87. The second kappa shape index (κ2) is 14.6. The van der Waals surface area contributed by atoms with E-state index in [1.807, 2.05) is 26.0 Å². The normalized spacial score (nSPS) is 18.1. The van der Waals surface area contributed by atoms with Gasteiger partial charge in [0.25, 0.3) is 5.69 Å². The van der Waals surface area contributed by atoms with Gasteiger partial charge in [0.15, 0.2) is 0 Å². The van der Waals surface area contributed by atoms with Gasteiger partial charge in [-0.1, -0.05) is 86.6 Å². The third-order valence-corrected chi connectivity index (χ3v) is 9.28. The van der Waals surface area contributed by atoms with Crippen LogP contribution in [0.25, 0.3) is 0 Å². The first kappa shape index (κ1) is 32.6. The predicted octanol–water partition coefficient (Wildman–Crippen LogP) is 6.41. The van der Waals surface area contributed by atoms with E-state index in [1.54, 1.807) is 12.1 Å². The molecule has 1 unspecified atom stereocenters. The summed E-state index contributed by atoms with van der Waals surface area (Å²) in [6.45, 7) is 6.23. The fraction of sp³-hybridized carbons (Fsp3) is 0.351. The van der Waals surface area contributed by atoms with Crippen LogP contribution < -0.4 is 5.32 Å². The van der Waals surface area contributed by atoms with E-state index < -0.39 is 22.8 Å². The zero-order valence-electron chi connectivity index (χ0n) is 26.7. The number of piperidine rings is 1. The number of carbonyl (C=O) groups is 2. The van der Waals surface area contributed by atoms with Gasteiger partial charge in [0.05, 0.1) is 29.1 Å². The molecule has 0 radical (unpaired) electrons. The van der Waals surface area contributed by atoms with E-state index in [0.717, 1.165) is 25.9 Å². The topological polar surface area (TPSA) is 111 Å². The zero-order chi connectivity index (χ0) is 32.7. The number of rotatable bonds is 11. The Kier molecular flexibility index (Phi) is 10.3. The number of likely N-dealkylation sites (tertiary alicyclic amines) is 1. The average Bonchev–Trinajstić information content (AvgIpc) is 3.11. The molecule has 5 rings (SSSR count). The highest BCUT2D eigenvalue weighted by Gasteiger charge is 2.40. The number of nitrogens with one attached hydrogen (secondary N) is 1. The van der Waals surface area contributed by atoms with Gasteiger partial charge < -0.3 is 14.8 Å². The Morgan fingerprint density at radius 2 is 1.43 bits per heavy atom. The van der Waals surface area contributed by atoms with Crippen LogP contribution in [0.2, 0.25) is 0 Å². The summed E-state index contributed by atoms with van der Waals surface area (Å²) >= 11 is 0. The molecule has 0 spiro atoms. The molecule has 1 N–H and O–H groups in total.